The summed E-state index contributed by atoms with van der Waals surface area (Å²) < 4.78 is 0. The van der Waals surface area contributed by atoms with Gasteiger partial charge in [0.15, 0.2) is 0 Å². The highest BCUT2D eigenvalue weighted by atomic mass is 16.2. The largest absolute Gasteiger partial charge is 0.313 e. The minimum absolute atomic E-state index is 0.129. The number of amidine groups is 1. The molecule has 0 bridgehead atoms. The predicted molar refractivity (Wildman–Crippen MR) is 43.7 cm³/mol. The molecule has 12 heavy (non-hydrogen) atoms. The maximum Gasteiger partial charge on any atom is 0.256 e. The molecule has 0 aliphatic carbocycles. The predicted octanol–water partition coefficient (Wildman–Crippen LogP) is -0.959. The molecule has 0 radical (unpaired) electrons. The van der Waals surface area contributed by atoms with Crippen molar-refractivity contribution in [1.29, 1.82) is 0 Å². The van der Waals surface area contributed by atoms with Crippen molar-refractivity contribution in [2.75, 3.05) is 13.1 Å². The molecule has 5 heteroatoms. The molecular formula is C7H11N3O2. The monoisotopic (exact) mass is 169 g/mol. The van der Waals surface area contributed by atoms with Crippen LogP contribution in [0.1, 0.15) is 13.3 Å². The fraction of sp³-hybridized carbons (Fsp3) is 0.571. The number of likely N-dealkylation sites (N-methyl/N-ethyl adjacent to an activating group) is 1. The van der Waals surface area contributed by atoms with Crippen LogP contribution in [0.15, 0.2) is 4.99 Å². The van der Waals surface area contributed by atoms with E-state index in [4.69, 9.17) is 0 Å². The Morgan fingerprint density at radius 2 is 2.33 bits per heavy atom. The molecule has 1 rings (SSSR count). The smallest absolute Gasteiger partial charge is 0.256 e. The number of hydrogen-bond acceptors (Lipinski definition) is 3. The number of carbonyl (C=O) groups is 2. The average Bonchev–Trinajstić information content (AvgIpc) is 1.99. The third-order valence-corrected chi connectivity index (χ3v) is 1.40. The number of rotatable bonds is 3. The Balaban J connectivity index is 2.52. The number of hydrogen-bond donors (Lipinski definition) is 2. The van der Waals surface area contributed by atoms with Crippen LogP contribution < -0.4 is 10.6 Å². The third kappa shape index (κ3) is 2.43. The average molecular weight is 169 g/mol. The number of amides is 2. The molecule has 0 fully saturated rings. The van der Waals surface area contributed by atoms with Crippen LogP contribution in [-0.2, 0) is 9.59 Å². The molecule has 1 aliphatic heterocycles. The second-order valence-electron chi connectivity index (χ2n) is 2.46. The van der Waals surface area contributed by atoms with E-state index in [1.54, 1.807) is 0 Å². The lowest BCUT2D eigenvalue weighted by atomic mass is 10.3. The summed E-state index contributed by atoms with van der Waals surface area (Å²) in [6.45, 7) is 3.16. The van der Waals surface area contributed by atoms with Gasteiger partial charge in [-0.3, -0.25) is 9.59 Å². The molecule has 2 N–H and O–H groups in total. The van der Waals surface area contributed by atoms with Crippen LogP contribution in [0, 0.1) is 0 Å². The summed E-state index contributed by atoms with van der Waals surface area (Å²) in [5.74, 6) is -0.229. The van der Waals surface area contributed by atoms with E-state index < -0.39 is 0 Å². The van der Waals surface area contributed by atoms with Crippen molar-refractivity contribution in [2.24, 2.45) is 4.99 Å². The van der Waals surface area contributed by atoms with Gasteiger partial charge in [0.25, 0.3) is 5.91 Å². The topological polar surface area (TPSA) is 70.6 Å². The van der Waals surface area contributed by atoms with E-state index in [-0.39, 0.29) is 18.2 Å². The van der Waals surface area contributed by atoms with Gasteiger partial charge in [0.1, 0.15) is 12.3 Å². The summed E-state index contributed by atoms with van der Waals surface area (Å²) >= 11 is 0. The molecule has 5 nitrogen and oxygen atoms in total. The fourth-order valence-electron chi connectivity index (χ4n) is 0.888. The maximum absolute atomic E-state index is 10.8. The van der Waals surface area contributed by atoms with Crippen LogP contribution in [-0.4, -0.2) is 30.7 Å². The van der Waals surface area contributed by atoms with E-state index >= 15 is 0 Å². The van der Waals surface area contributed by atoms with Crippen molar-refractivity contribution in [3.05, 3.63) is 0 Å². The molecule has 0 aromatic heterocycles. The van der Waals surface area contributed by atoms with E-state index in [2.05, 4.69) is 15.6 Å². The Labute approximate surface area is 70.2 Å². The fourth-order valence-corrected chi connectivity index (χ4v) is 0.888. The molecule has 0 atom stereocenters. The van der Waals surface area contributed by atoms with E-state index in [0.29, 0.717) is 12.4 Å². The van der Waals surface area contributed by atoms with Gasteiger partial charge in [-0.05, 0) is 6.54 Å². The molecule has 0 saturated carbocycles. The Morgan fingerprint density at radius 3 is 2.92 bits per heavy atom. The van der Waals surface area contributed by atoms with Crippen molar-refractivity contribution >= 4 is 17.6 Å². The standard InChI is InChI=1S/C7H11N3O2/c1-2-8-4-5-9-6(11)3-7(12)10-5/h8H,2-4H2,1H3,(H,9,10,11,12). The minimum Gasteiger partial charge on any atom is -0.313 e. The van der Waals surface area contributed by atoms with Gasteiger partial charge >= 0.3 is 0 Å². The highest BCUT2D eigenvalue weighted by molar-refractivity contribution is 6.14. The van der Waals surface area contributed by atoms with Crippen LogP contribution in [0.3, 0.4) is 0 Å². The van der Waals surface area contributed by atoms with E-state index in [1.807, 2.05) is 6.92 Å². The highest BCUT2D eigenvalue weighted by Gasteiger charge is 2.16. The summed E-state index contributed by atoms with van der Waals surface area (Å²) in [5.41, 5.74) is 0. The van der Waals surface area contributed by atoms with Crippen LogP contribution in [0.25, 0.3) is 0 Å². The first-order chi connectivity index (χ1) is 5.72. The molecule has 1 heterocycles. The second kappa shape index (κ2) is 3.96. The zero-order chi connectivity index (χ0) is 8.97. The molecule has 0 spiro atoms. The van der Waals surface area contributed by atoms with Crippen molar-refractivity contribution in [3.8, 4) is 0 Å². The van der Waals surface area contributed by atoms with Crippen LogP contribution in [0.4, 0.5) is 0 Å². The second-order valence-corrected chi connectivity index (χ2v) is 2.46. The van der Waals surface area contributed by atoms with Gasteiger partial charge in [-0.1, -0.05) is 6.92 Å². The normalized spacial score (nSPS) is 17.2. The molecule has 2 amide bonds. The van der Waals surface area contributed by atoms with E-state index in [1.165, 1.54) is 0 Å². The summed E-state index contributed by atoms with van der Waals surface area (Å²) in [7, 11) is 0. The van der Waals surface area contributed by atoms with Crippen molar-refractivity contribution < 1.29 is 9.59 Å². The third-order valence-electron chi connectivity index (χ3n) is 1.40. The van der Waals surface area contributed by atoms with Crippen molar-refractivity contribution in [1.82, 2.24) is 10.6 Å². The maximum atomic E-state index is 10.8. The van der Waals surface area contributed by atoms with Gasteiger partial charge in [0, 0.05) is 0 Å². The molecule has 0 aromatic carbocycles. The zero-order valence-corrected chi connectivity index (χ0v) is 6.89. The molecule has 0 unspecified atom stereocenters. The van der Waals surface area contributed by atoms with Crippen molar-refractivity contribution in [2.45, 2.75) is 13.3 Å². The van der Waals surface area contributed by atoms with Crippen LogP contribution in [0.5, 0.6) is 0 Å². The zero-order valence-electron chi connectivity index (χ0n) is 6.89. The Morgan fingerprint density at radius 1 is 1.58 bits per heavy atom. The molecule has 66 valence electrons. The molecule has 0 aromatic rings. The first-order valence-electron chi connectivity index (χ1n) is 3.83. The lowest BCUT2D eigenvalue weighted by Crippen LogP contribution is -2.42. The SMILES string of the molecule is CCNCC1=NC(=O)CC(=O)N1. The van der Waals surface area contributed by atoms with Gasteiger partial charge < -0.3 is 10.6 Å². The number of nitrogens with zero attached hydrogens (tertiary/aromatic N) is 1. The number of nitrogens with one attached hydrogen (secondary N) is 2. The van der Waals surface area contributed by atoms with Crippen molar-refractivity contribution in [3.63, 3.8) is 0 Å². The van der Waals surface area contributed by atoms with E-state index in [0.717, 1.165) is 6.54 Å². The summed E-state index contributed by atoms with van der Waals surface area (Å²) in [6.07, 6.45) is -0.129. The summed E-state index contributed by atoms with van der Waals surface area (Å²) in [4.78, 5) is 25.2. The highest BCUT2D eigenvalue weighted by Crippen LogP contribution is 1.92. The molecular weight excluding hydrogens is 158 g/mol. The summed E-state index contributed by atoms with van der Waals surface area (Å²) in [6, 6.07) is 0. The van der Waals surface area contributed by atoms with Gasteiger partial charge in [-0.15, -0.1) is 0 Å². The Kier molecular flexibility index (Phi) is 2.93. The lowest BCUT2D eigenvalue weighted by molar-refractivity contribution is -0.127. The van der Waals surface area contributed by atoms with Gasteiger partial charge in [0.05, 0.1) is 6.54 Å². The summed E-state index contributed by atoms with van der Waals surface area (Å²) in [5, 5.41) is 5.47. The Bertz CT molecular complexity index is 235. The van der Waals surface area contributed by atoms with E-state index in [9.17, 15) is 9.59 Å². The molecule has 1 aliphatic rings. The van der Waals surface area contributed by atoms with Crippen LogP contribution >= 0.6 is 0 Å². The van der Waals surface area contributed by atoms with Gasteiger partial charge in [-0.25, -0.2) is 0 Å². The number of aliphatic imine (C=N–C) groups is 1. The minimum atomic E-state index is -0.369. The molecule has 0 saturated heterocycles. The van der Waals surface area contributed by atoms with Gasteiger partial charge in [0.2, 0.25) is 5.91 Å². The van der Waals surface area contributed by atoms with Gasteiger partial charge in [-0.2, -0.15) is 4.99 Å². The Hall–Kier alpha value is -1.23. The quantitative estimate of drug-likeness (QED) is 0.534. The first kappa shape index (κ1) is 8.86. The number of carbonyl (C=O) groups excluding carboxylic acids is 2. The van der Waals surface area contributed by atoms with Crippen LogP contribution in [0.2, 0.25) is 0 Å². The first-order valence-corrected chi connectivity index (χ1v) is 3.83. The lowest BCUT2D eigenvalue weighted by Gasteiger charge is -2.11.